The van der Waals surface area contributed by atoms with Gasteiger partial charge in [-0.2, -0.15) is 0 Å². The van der Waals surface area contributed by atoms with Crippen molar-refractivity contribution in [1.29, 1.82) is 0 Å². The zero-order valence-electron chi connectivity index (χ0n) is 11.8. The zero-order valence-corrected chi connectivity index (χ0v) is 11.8. The first-order chi connectivity index (χ1) is 9.74. The molecule has 1 amide bonds. The van der Waals surface area contributed by atoms with Crippen molar-refractivity contribution < 1.29 is 4.79 Å². The molecule has 0 aliphatic heterocycles. The van der Waals surface area contributed by atoms with Crippen LogP contribution in [0.2, 0.25) is 0 Å². The highest BCUT2D eigenvalue weighted by Gasteiger charge is 2.32. The third kappa shape index (κ3) is 3.11. The van der Waals surface area contributed by atoms with Crippen molar-refractivity contribution in [3.63, 3.8) is 0 Å². The molecule has 4 nitrogen and oxygen atoms in total. The minimum absolute atomic E-state index is 0.00139. The summed E-state index contributed by atoms with van der Waals surface area (Å²) in [4.78, 5) is 28.8. The third-order valence-electron chi connectivity index (χ3n) is 4.43. The number of aromatic amines is 1. The van der Waals surface area contributed by atoms with Crippen molar-refractivity contribution in [2.75, 3.05) is 6.54 Å². The van der Waals surface area contributed by atoms with E-state index in [1.165, 1.54) is 38.2 Å². The lowest BCUT2D eigenvalue weighted by Gasteiger charge is -2.34. The first-order valence-electron chi connectivity index (χ1n) is 7.74. The molecule has 2 aliphatic carbocycles. The number of rotatable bonds is 4. The number of carbonyl (C=O) groups is 1. The number of hydrogen-bond donors (Lipinski definition) is 1. The summed E-state index contributed by atoms with van der Waals surface area (Å²) in [5.74, 6) is 0.679. The van der Waals surface area contributed by atoms with Crippen molar-refractivity contribution >= 4 is 5.91 Å². The highest BCUT2D eigenvalue weighted by Crippen LogP contribution is 2.33. The van der Waals surface area contributed by atoms with E-state index in [4.69, 9.17) is 0 Å². The summed E-state index contributed by atoms with van der Waals surface area (Å²) in [6.07, 6.45) is 8.40. The second kappa shape index (κ2) is 5.81. The van der Waals surface area contributed by atoms with Crippen LogP contribution in [-0.2, 0) is 0 Å². The monoisotopic (exact) mass is 274 g/mol. The van der Waals surface area contributed by atoms with Gasteiger partial charge in [0, 0.05) is 18.7 Å². The summed E-state index contributed by atoms with van der Waals surface area (Å²) in [6.45, 7) is 0.862. The molecular formula is C16H22N2O2. The standard InChI is InChI=1S/C16H22N2O2/c19-15-8-4-7-14(17-15)16(20)18(11-12-9-10-12)13-5-2-1-3-6-13/h4,7-8,12-13H,1-3,5-6,9-11H2,(H,17,19). The Labute approximate surface area is 119 Å². The Hall–Kier alpha value is -1.58. The van der Waals surface area contributed by atoms with Crippen LogP contribution >= 0.6 is 0 Å². The van der Waals surface area contributed by atoms with Crippen LogP contribution in [0.1, 0.15) is 55.4 Å². The molecule has 0 radical (unpaired) electrons. The normalized spacial score (nSPS) is 19.8. The number of nitrogens with zero attached hydrogens (tertiary/aromatic N) is 1. The Balaban J connectivity index is 1.79. The van der Waals surface area contributed by atoms with Crippen molar-refractivity contribution in [2.24, 2.45) is 5.92 Å². The molecule has 2 aliphatic rings. The number of aromatic nitrogens is 1. The number of hydrogen-bond acceptors (Lipinski definition) is 2. The number of carbonyl (C=O) groups excluding carboxylic acids is 1. The second-order valence-corrected chi connectivity index (χ2v) is 6.12. The average molecular weight is 274 g/mol. The highest BCUT2D eigenvalue weighted by molar-refractivity contribution is 5.92. The van der Waals surface area contributed by atoms with Gasteiger partial charge in [-0.25, -0.2) is 0 Å². The van der Waals surface area contributed by atoms with Gasteiger partial charge in [-0.05, 0) is 37.7 Å². The van der Waals surface area contributed by atoms with Crippen LogP contribution in [0, 0.1) is 5.92 Å². The topological polar surface area (TPSA) is 53.2 Å². The SMILES string of the molecule is O=C(c1cccc(=O)[nH]1)N(CC1CC1)C1CCCCC1. The third-order valence-corrected chi connectivity index (χ3v) is 4.43. The maximum absolute atomic E-state index is 12.7. The van der Waals surface area contributed by atoms with Crippen molar-refractivity contribution in [3.8, 4) is 0 Å². The molecule has 3 rings (SSSR count). The van der Waals surface area contributed by atoms with Gasteiger partial charge < -0.3 is 9.88 Å². The first-order valence-corrected chi connectivity index (χ1v) is 7.74. The number of pyridine rings is 1. The summed E-state index contributed by atoms with van der Waals surface area (Å²) in [5.41, 5.74) is 0.231. The molecule has 2 saturated carbocycles. The summed E-state index contributed by atoms with van der Waals surface area (Å²) in [5, 5.41) is 0. The van der Waals surface area contributed by atoms with Gasteiger partial charge >= 0.3 is 0 Å². The largest absolute Gasteiger partial charge is 0.334 e. The average Bonchev–Trinajstić information content (AvgIpc) is 3.29. The van der Waals surface area contributed by atoms with E-state index < -0.39 is 0 Å². The summed E-state index contributed by atoms with van der Waals surface area (Å²) < 4.78 is 0. The first kappa shape index (κ1) is 13.4. The van der Waals surface area contributed by atoms with Crippen molar-refractivity contribution in [2.45, 2.75) is 51.0 Å². The highest BCUT2D eigenvalue weighted by atomic mass is 16.2. The van der Waals surface area contributed by atoms with E-state index in [1.807, 2.05) is 4.90 Å². The molecule has 0 unspecified atom stereocenters. The van der Waals surface area contributed by atoms with E-state index in [1.54, 1.807) is 12.1 Å². The van der Waals surface area contributed by atoms with Gasteiger partial charge in [-0.1, -0.05) is 25.3 Å². The molecule has 0 saturated heterocycles. The summed E-state index contributed by atoms with van der Waals surface area (Å²) >= 11 is 0. The van der Waals surface area contributed by atoms with E-state index >= 15 is 0 Å². The molecule has 2 fully saturated rings. The predicted octanol–water partition coefficient (Wildman–Crippen LogP) is 2.56. The van der Waals surface area contributed by atoms with Gasteiger partial charge in [0.15, 0.2) is 0 Å². The van der Waals surface area contributed by atoms with Gasteiger partial charge in [0.05, 0.1) is 0 Å². The smallest absolute Gasteiger partial charge is 0.270 e. The van der Waals surface area contributed by atoms with Gasteiger partial charge in [-0.15, -0.1) is 0 Å². The molecule has 108 valence electrons. The predicted molar refractivity (Wildman–Crippen MR) is 77.7 cm³/mol. The molecule has 0 spiro atoms. The maximum atomic E-state index is 12.7. The quantitative estimate of drug-likeness (QED) is 0.917. The Morgan fingerprint density at radius 3 is 2.55 bits per heavy atom. The fourth-order valence-electron chi connectivity index (χ4n) is 3.10. The molecule has 1 N–H and O–H groups in total. The van der Waals surface area contributed by atoms with E-state index in [-0.39, 0.29) is 11.5 Å². The molecule has 1 aromatic heterocycles. The van der Waals surface area contributed by atoms with E-state index in [2.05, 4.69) is 4.98 Å². The number of nitrogens with one attached hydrogen (secondary N) is 1. The Bertz CT molecular complexity index is 527. The molecule has 0 aromatic carbocycles. The Morgan fingerprint density at radius 2 is 1.90 bits per heavy atom. The Morgan fingerprint density at radius 1 is 1.15 bits per heavy atom. The van der Waals surface area contributed by atoms with Gasteiger partial charge in [0.2, 0.25) is 5.56 Å². The Kier molecular flexibility index (Phi) is 3.90. The molecule has 1 heterocycles. The number of amides is 1. The molecule has 0 atom stereocenters. The van der Waals surface area contributed by atoms with Crippen LogP contribution in [0.25, 0.3) is 0 Å². The lowest BCUT2D eigenvalue weighted by Crippen LogP contribution is -2.43. The molecular weight excluding hydrogens is 252 g/mol. The fraction of sp³-hybridized carbons (Fsp3) is 0.625. The van der Waals surface area contributed by atoms with Crippen LogP contribution in [0.15, 0.2) is 23.0 Å². The lowest BCUT2D eigenvalue weighted by atomic mass is 9.93. The molecule has 0 bridgehead atoms. The maximum Gasteiger partial charge on any atom is 0.270 e. The van der Waals surface area contributed by atoms with Crippen LogP contribution in [0.3, 0.4) is 0 Å². The summed E-state index contributed by atoms with van der Waals surface area (Å²) in [7, 11) is 0. The molecule has 4 heteroatoms. The van der Waals surface area contributed by atoms with Gasteiger partial charge in [-0.3, -0.25) is 9.59 Å². The van der Waals surface area contributed by atoms with Crippen LogP contribution < -0.4 is 5.56 Å². The lowest BCUT2D eigenvalue weighted by molar-refractivity contribution is 0.0615. The minimum atomic E-state index is -0.203. The van der Waals surface area contributed by atoms with Crippen molar-refractivity contribution in [3.05, 3.63) is 34.2 Å². The van der Waals surface area contributed by atoms with E-state index in [0.29, 0.717) is 17.7 Å². The summed E-state index contributed by atoms with van der Waals surface area (Å²) in [6, 6.07) is 5.18. The van der Waals surface area contributed by atoms with E-state index in [0.717, 1.165) is 19.4 Å². The number of H-pyrrole nitrogens is 1. The van der Waals surface area contributed by atoms with Gasteiger partial charge in [0.25, 0.3) is 5.91 Å². The van der Waals surface area contributed by atoms with Crippen molar-refractivity contribution in [1.82, 2.24) is 9.88 Å². The van der Waals surface area contributed by atoms with Gasteiger partial charge in [0.1, 0.15) is 5.69 Å². The van der Waals surface area contributed by atoms with Crippen LogP contribution in [-0.4, -0.2) is 28.4 Å². The zero-order chi connectivity index (χ0) is 13.9. The molecule has 20 heavy (non-hydrogen) atoms. The second-order valence-electron chi connectivity index (χ2n) is 6.12. The fourth-order valence-corrected chi connectivity index (χ4v) is 3.10. The van der Waals surface area contributed by atoms with Crippen LogP contribution in [0.5, 0.6) is 0 Å². The van der Waals surface area contributed by atoms with E-state index in [9.17, 15) is 9.59 Å². The molecule has 1 aromatic rings. The van der Waals surface area contributed by atoms with Crippen LogP contribution in [0.4, 0.5) is 0 Å². The minimum Gasteiger partial charge on any atom is -0.334 e.